The summed E-state index contributed by atoms with van der Waals surface area (Å²) in [5.41, 5.74) is 3.27. The minimum atomic E-state index is 0.0999. The molecule has 0 saturated heterocycles. The molecule has 1 heteroatoms. The van der Waals surface area contributed by atoms with Crippen molar-refractivity contribution in [1.29, 1.82) is 0 Å². The first-order valence-electron chi connectivity index (χ1n) is 5.31. The molecule has 2 aromatic rings. The summed E-state index contributed by atoms with van der Waals surface area (Å²) in [6.45, 7) is 0.0999. The van der Waals surface area contributed by atoms with Gasteiger partial charge >= 0.3 is 0 Å². The van der Waals surface area contributed by atoms with Gasteiger partial charge in [-0.2, -0.15) is 0 Å². The lowest BCUT2D eigenvalue weighted by Crippen LogP contribution is -1.81. The van der Waals surface area contributed by atoms with Gasteiger partial charge in [0, 0.05) is 0 Å². The van der Waals surface area contributed by atoms with Crippen LogP contribution in [0.25, 0.3) is 12.2 Å². The summed E-state index contributed by atoms with van der Waals surface area (Å²) in [7, 11) is 0. The van der Waals surface area contributed by atoms with Crippen LogP contribution in [-0.2, 0) is 6.61 Å². The van der Waals surface area contributed by atoms with E-state index in [0.717, 1.165) is 11.1 Å². The Hall–Kier alpha value is -1.86. The molecular formula is C15H14O. The van der Waals surface area contributed by atoms with Gasteiger partial charge in [0.2, 0.25) is 0 Å². The van der Waals surface area contributed by atoms with Crippen molar-refractivity contribution in [2.24, 2.45) is 0 Å². The first kappa shape index (κ1) is 10.7. The average Bonchev–Trinajstić information content (AvgIpc) is 2.38. The Kier molecular flexibility index (Phi) is 3.52. The van der Waals surface area contributed by atoms with Gasteiger partial charge in [-0.05, 0) is 16.7 Å². The fourth-order valence-electron chi connectivity index (χ4n) is 1.49. The highest BCUT2D eigenvalue weighted by molar-refractivity contribution is 5.69. The minimum Gasteiger partial charge on any atom is -0.392 e. The lowest BCUT2D eigenvalue weighted by atomic mass is 10.1. The number of hydrogen-bond donors (Lipinski definition) is 1. The topological polar surface area (TPSA) is 20.2 Å². The zero-order valence-electron chi connectivity index (χ0n) is 9.01. The Morgan fingerprint density at radius 2 is 1.31 bits per heavy atom. The van der Waals surface area contributed by atoms with Crippen molar-refractivity contribution in [2.75, 3.05) is 0 Å². The van der Waals surface area contributed by atoms with Gasteiger partial charge in [0.15, 0.2) is 0 Å². The molecule has 2 aromatic carbocycles. The van der Waals surface area contributed by atoms with Crippen molar-refractivity contribution in [3.63, 3.8) is 0 Å². The van der Waals surface area contributed by atoms with Crippen molar-refractivity contribution >= 4 is 12.2 Å². The van der Waals surface area contributed by atoms with Gasteiger partial charge in [-0.3, -0.25) is 0 Å². The third kappa shape index (κ3) is 2.81. The van der Waals surface area contributed by atoms with E-state index in [1.165, 1.54) is 5.56 Å². The standard InChI is InChI=1S/C15H14O/c16-12-15-10-8-14(9-11-15)7-6-13-4-2-1-3-5-13/h1-11,16H,12H2/b7-6-. The van der Waals surface area contributed by atoms with E-state index in [9.17, 15) is 0 Å². The van der Waals surface area contributed by atoms with Crippen LogP contribution in [0, 0.1) is 0 Å². The molecule has 1 N–H and O–H groups in total. The first-order chi connectivity index (χ1) is 7.88. The second kappa shape index (κ2) is 5.29. The summed E-state index contributed by atoms with van der Waals surface area (Å²) in [6, 6.07) is 18.1. The molecule has 0 fully saturated rings. The Bertz CT molecular complexity index is 455. The summed E-state index contributed by atoms with van der Waals surface area (Å²) in [5.74, 6) is 0. The Morgan fingerprint density at radius 3 is 1.88 bits per heavy atom. The molecule has 0 aliphatic rings. The van der Waals surface area contributed by atoms with E-state index in [-0.39, 0.29) is 6.61 Å². The van der Waals surface area contributed by atoms with E-state index in [2.05, 4.69) is 24.3 Å². The number of hydrogen-bond acceptors (Lipinski definition) is 1. The fourth-order valence-corrected chi connectivity index (χ4v) is 1.49. The maximum atomic E-state index is 8.92. The third-order valence-electron chi connectivity index (χ3n) is 2.43. The van der Waals surface area contributed by atoms with Crippen molar-refractivity contribution in [3.05, 3.63) is 71.3 Å². The molecule has 0 bridgehead atoms. The maximum absolute atomic E-state index is 8.92. The van der Waals surface area contributed by atoms with E-state index in [1.54, 1.807) is 0 Å². The molecule has 0 saturated carbocycles. The predicted molar refractivity (Wildman–Crippen MR) is 67.7 cm³/mol. The van der Waals surface area contributed by atoms with Gasteiger partial charge in [0.25, 0.3) is 0 Å². The molecule has 0 amide bonds. The molecule has 16 heavy (non-hydrogen) atoms. The molecule has 0 aromatic heterocycles. The number of aliphatic hydroxyl groups excluding tert-OH is 1. The minimum absolute atomic E-state index is 0.0999. The predicted octanol–water partition coefficient (Wildman–Crippen LogP) is 3.35. The molecule has 0 heterocycles. The van der Waals surface area contributed by atoms with Crippen LogP contribution in [-0.4, -0.2) is 5.11 Å². The molecule has 80 valence electrons. The molecule has 1 nitrogen and oxygen atoms in total. The highest BCUT2D eigenvalue weighted by Crippen LogP contribution is 2.09. The zero-order valence-corrected chi connectivity index (χ0v) is 9.01. The second-order valence-electron chi connectivity index (χ2n) is 3.64. The summed E-state index contributed by atoms with van der Waals surface area (Å²) in [4.78, 5) is 0. The van der Waals surface area contributed by atoms with Gasteiger partial charge in [-0.15, -0.1) is 0 Å². The monoisotopic (exact) mass is 210 g/mol. The summed E-state index contributed by atoms with van der Waals surface area (Å²) in [5, 5.41) is 8.92. The normalized spacial score (nSPS) is 10.8. The summed E-state index contributed by atoms with van der Waals surface area (Å²) in [6.07, 6.45) is 4.14. The van der Waals surface area contributed by atoms with Crippen LogP contribution in [0.1, 0.15) is 16.7 Å². The van der Waals surface area contributed by atoms with E-state index in [0.29, 0.717) is 0 Å². The number of aliphatic hydroxyl groups is 1. The lowest BCUT2D eigenvalue weighted by Gasteiger charge is -1.97. The Balaban J connectivity index is 2.12. The molecule has 0 atom stereocenters. The highest BCUT2D eigenvalue weighted by Gasteiger charge is 1.90. The molecule has 0 radical (unpaired) electrons. The molecule has 2 rings (SSSR count). The van der Waals surface area contributed by atoms with Crippen molar-refractivity contribution in [1.82, 2.24) is 0 Å². The Labute approximate surface area is 95.7 Å². The van der Waals surface area contributed by atoms with Crippen molar-refractivity contribution in [2.45, 2.75) is 6.61 Å². The van der Waals surface area contributed by atoms with E-state index in [1.807, 2.05) is 42.5 Å². The van der Waals surface area contributed by atoms with Gasteiger partial charge in [0.05, 0.1) is 6.61 Å². The van der Waals surface area contributed by atoms with Crippen molar-refractivity contribution in [3.8, 4) is 0 Å². The van der Waals surface area contributed by atoms with Crippen LogP contribution in [0.2, 0.25) is 0 Å². The van der Waals surface area contributed by atoms with Crippen LogP contribution < -0.4 is 0 Å². The molecule has 0 aliphatic carbocycles. The summed E-state index contributed by atoms with van der Waals surface area (Å²) < 4.78 is 0. The highest BCUT2D eigenvalue weighted by atomic mass is 16.3. The number of rotatable bonds is 3. The molecule has 0 spiro atoms. The quantitative estimate of drug-likeness (QED) is 0.770. The van der Waals surface area contributed by atoms with Crippen LogP contribution in [0.15, 0.2) is 54.6 Å². The van der Waals surface area contributed by atoms with Crippen LogP contribution in [0.5, 0.6) is 0 Å². The second-order valence-corrected chi connectivity index (χ2v) is 3.64. The van der Waals surface area contributed by atoms with E-state index >= 15 is 0 Å². The smallest absolute Gasteiger partial charge is 0.0681 e. The van der Waals surface area contributed by atoms with E-state index < -0.39 is 0 Å². The fraction of sp³-hybridized carbons (Fsp3) is 0.0667. The zero-order chi connectivity index (χ0) is 11.2. The number of benzene rings is 2. The molecular weight excluding hydrogens is 196 g/mol. The van der Waals surface area contributed by atoms with Crippen LogP contribution in [0.3, 0.4) is 0 Å². The molecule has 0 unspecified atom stereocenters. The molecule has 0 aliphatic heterocycles. The lowest BCUT2D eigenvalue weighted by molar-refractivity contribution is 0.282. The van der Waals surface area contributed by atoms with Gasteiger partial charge in [0.1, 0.15) is 0 Å². The van der Waals surface area contributed by atoms with Gasteiger partial charge in [-0.1, -0.05) is 66.7 Å². The third-order valence-corrected chi connectivity index (χ3v) is 2.43. The van der Waals surface area contributed by atoms with Gasteiger partial charge in [-0.25, -0.2) is 0 Å². The van der Waals surface area contributed by atoms with Crippen molar-refractivity contribution < 1.29 is 5.11 Å². The SMILES string of the molecule is OCc1ccc(/C=C\c2ccccc2)cc1. The maximum Gasteiger partial charge on any atom is 0.0681 e. The first-order valence-corrected chi connectivity index (χ1v) is 5.31. The van der Waals surface area contributed by atoms with Crippen LogP contribution >= 0.6 is 0 Å². The average molecular weight is 210 g/mol. The van der Waals surface area contributed by atoms with Gasteiger partial charge < -0.3 is 5.11 Å². The van der Waals surface area contributed by atoms with Crippen LogP contribution in [0.4, 0.5) is 0 Å². The largest absolute Gasteiger partial charge is 0.392 e. The summed E-state index contributed by atoms with van der Waals surface area (Å²) >= 11 is 0. The Morgan fingerprint density at radius 1 is 0.750 bits per heavy atom. The van der Waals surface area contributed by atoms with E-state index in [4.69, 9.17) is 5.11 Å².